The Morgan fingerprint density at radius 2 is 1.67 bits per heavy atom. The van der Waals surface area contributed by atoms with Gasteiger partial charge in [0.05, 0.1) is 26.0 Å². The van der Waals surface area contributed by atoms with Crippen molar-refractivity contribution in [3.05, 3.63) is 82.9 Å². The molecule has 0 saturated carbocycles. The Morgan fingerprint density at radius 1 is 0.917 bits per heavy atom. The zero-order valence-corrected chi connectivity index (χ0v) is 21.0. The number of nitrogens with zero attached hydrogens (tertiary/aromatic N) is 1. The van der Waals surface area contributed by atoms with Crippen LogP contribution >= 0.6 is 0 Å². The van der Waals surface area contributed by atoms with E-state index in [4.69, 9.17) is 18.9 Å². The summed E-state index contributed by atoms with van der Waals surface area (Å²) in [6, 6.07) is 17.5. The van der Waals surface area contributed by atoms with Gasteiger partial charge in [-0.05, 0) is 78.1 Å². The number of carbonyl (C=O) groups is 2. The molecule has 0 heterocycles. The monoisotopic (exact) mass is 490 g/mol. The molecule has 3 aromatic rings. The van der Waals surface area contributed by atoms with Gasteiger partial charge < -0.3 is 18.9 Å². The molecule has 188 valence electrons. The van der Waals surface area contributed by atoms with Gasteiger partial charge in [-0.25, -0.2) is 10.2 Å². The Hall–Kier alpha value is -4.33. The molecular formula is C28H30N2O6. The summed E-state index contributed by atoms with van der Waals surface area (Å²) in [5, 5.41) is 3.97. The highest BCUT2D eigenvalue weighted by Crippen LogP contribution is 2.29. The van der Waals surface area contributed by atoms with Crippen molar-refractivity contribution in [2.75, 3.05) is 20.8 Å². The van der Waals surface area contributed by atoms with Crippen molar-refractivity contribution in [2.45, 2.75) is 26.7 Å². The zero-order chi connectivity index (χ0) is 26.1. The van der Waals surface area contributed by atoms with Crippen LogP contribution in [0.15, 0.2) is 65.8 Å². The van der Waals surface area contributed by atoms with Gasteiger partial charge >= 0.3 is 5.97 Å². The van der Waals surface area contributed by atoms with Crippen LogP contribution < -0.4 is 24.4 Å². The molecule has 1 amide bonds. The minimum atomic E-state index is -0.529. The summed E-state index contributed by atoms with van der Waals surface area (Å²) in [7, 11) is 3.02. The summed E-state index contributed by atoms with van der Waals surface area (Å²) in [5.74, 6) is 1.35. The molecule has 3 rings (SSSR count). The maximum atomic E-state index is 12.4. The number of hydrogen-bond donors (Lipinski definition) is 1. The van der Waals surface area contributed by atoms with E-state index in [-0.39, 0.29) is 12.4 Å². The van der Waals surface area contributed by atoms with Crippen LogP contribution in [0, 0.1) is 6.92 Å². The second kappa shape index (κ2) is 12.4. The lowest BCUT2D eigenvalue weighted by molar-refractivity contribution is -0.123. The molecule has 0 aliphatic heterocycles. The molecule has 0 fully saturated rings. The van der Waals surface area contributed by atoms with E-state index in [2.05, 4.69) is 30.4 Å². The van der Waals surface area contributed by atoms with Gasteiger partial charge in [0, 0.05) is 0 Å². The standard InChI is InChI=1S/C28H30N2O6/c1-18(2)22-8-6-19(3)25(15-22)35-17-27(31)30-29-16-20-7-13-24(26(14-20)34-5)36-28(32)21-9-11-23(33-4)12-10-21/h6-16,18H,17H2,1-5H3,(H,30,31). The summed E-state index contributed by atoms with van der Waals surface area (Å²) in [4.78, 5) is 24.6. The Kier molecular flexibility index (Phi) is 9.05. The number of amides is 1. The highest BCUT2D eigenvalue weighted by molar-refractivity contribution is 5.92. The smallest absolute Gasteiger partial charge is 0.343 e. The molecule has 0 spiro atoms. The summed E-state index contributed by atoms with van der Waals surface area (Å²) in [5.41, 5.74) is 5.55. The van der Waals surface area contributed by atoms with Crippen molar-refractivity contribution < 1.29 is 28.5 Å². The zero-order valence-electron chi connectivity index (χ0n) is 21.0. The minimum Gasteiger partial charge on any atom is -0.497 e. The lowest BCUT2D eigenvalue weighted by atomic mass is 10.0. The number of hydrogen-bond acceptors (Lipinski definition) is 7. The van der Waals surface area contributed by atoms with Crippen molar-refractivity contribution in [3.8, 4) is 23.0 Å². The fraction of sp³-hybridized carbons (Fsp3) is 0.250. The molecule has 8 heteroatoms. The summed E-state index contributed by atoms with van der Waals surface area (Å²) in [6.07, 6.45) is 1.46. The Balaban J connectivity index is 1.57. The Labute approximate surface area is 210 Å². The molecule has 3 aromatic carbocycles. The fourth-order valence-electron chi connectivity index (χ4n) is 3.22. The number of hydrazone groups is 1. The van der Waals surface area contributed by atoms with E-state index >= 15 is 0 Å². The predicted molar refractivity (Wildman–Crippen MR) is 137 cm³/mol. The lowest BCUT2D eigenvalue weighted by Crippen LogP contribution is -2.24. The fourth-order valence-corrected chi connectivity index (χ4v) is 3.22. The van der Waals surface area contributed by atoms with Crippen molar-refractivity contribution >= 4 is 18.1 Å². The van der Waals surface area contributed by atoms with Crippen molar-refractivity contribution in [3.63, 3.8) is 0 Å². The topological polar surface area (TPSA) is 95.5 Å². The molecule has 0 bridgehead atoms. The highest BCUT2D eigenvalue weighted by Gasteiger charge is 2.13. The van der Waals surface area contributed by atoms with E-state index < -0.39 is 11.9 Å². The normalized spacial score (nSPS) is 10.8. The first-order chi connectivity index (χ1) is 17.3. The van der Waals surface area contributed by atoms with Gasteiger partial charge in [-0.15, -0.1) is 0 Å². The minimum absolute atomic E-state index is 0.163. The molecule has 0 aliphatic rings. The molecule has 0 radical (unpaired) electrons. The average Bonchev–Trinajstić information content (AvgIpc) is 2.88. The van der Waals surface area contributed by atoms with Crippen LogP contribution in [-0.4, -0.2) is 38.9 Å². The summed E-state index contributed by atoms with van der Waals surface area (Å²) in [6.45, 7) is 5.97. The number of aryl methyl sites for hydroxylation is 1. The number of methoxy groups -OCH3 is 2. The number of nitrogens with one attached hydrogen (secondary N) is 1. The van der Waals surface area contributed by atoms with Crippen LogP contribution in [0.1, 0.15) is 46.8 Å². The van der Waals surface area contributed by atoms with Gasteiger partial charge in [0.15, 0.2) is 18.1 Å². The van der Waals surface area contributed by atoms with Gasteiger partial charge in [0.1, 0.15) is 11.5 Å². The first-order valence-electron chi connectivity index (χ1n) is 11.4. The van der Waals surface area contributed by atoms with Crippen LogP contribution in [0.3, 0.4) is 0 Å². The van der Waals surface area contributed by atoms with Gasteiger partial charge in [-0.3, -0.25) is 4.79 Å². The maximum absolute atomic E-state index is 12.4. The van der Waals surface area contributed by atoms with E-state index in [0.717, 1.165) is 11.1 Å². The Bertz CT molecular complexity index is 1240. The average molecular weight is 491 g/mol. The third-order valence-corrected chi connectivity index (χ3v) is 5.36. The van der Waals surface area contributed by atoms with E-state index in [1.807, 2.05) is 19.1 Å². The Morgan fingerprint density at radius 3 is 2.33 bits per heavy atom. The molecule has 0 atom stereocenters. The maximum Gasteiger partial charge on any atom is 0.343 e. The molecule has 0 saturated heterocycles. The number of esters is 1. The highest BCUT2D eigenvalue weighted by atomic mass is 16.6. The predicted octanol–water partition coefficient (Wildman–Crippen LogP) is 4.88. The van der Waals surface area contributed by atoms with Gasteiger partial charge in [-0.2, -0.15) is 5.10 Å². The van der Waals surface area contributed by atoms with Gasteiger partial charge in [0.2, 0.25) is 0 Å². The van der Waals surface area contributed by atoms with Crippen LogP contribution in [0.4, 0.5) is 0 Å². The van der Waals surface area contributed by atoms with Crippen LogP contribution in [0.5, 0.6) is 23.0 Å². The molecule has 1 N–H and O–H groups in total. The van der Waals surface area contributed by atoms with Crippen LogP contribution in [0.25, 0.3) is 0 Å². The quantitative estimate of drug-likeness (QED) is 0.188. The first-order valence-corrected chi connectivity index (χ1v) is 11.4. The molecule has 0 aliphatic carbocycles. The second-order valence-electron chi connectivity index (χ2n) is 8.29. The lowest BCUT2D eigenvalue weighted by Gasteiger charge is -2.12. The SMILES string of the molecule is COc1ccc(C(=O)Oc2ccc(C=NNC(=O)COc3cc(C(C)C)ccc3C)cc2OC)cc1. The first kappa shape index (κ1) is 26.3. The molecular weight excluding hydrogens is 460 g/mol. The van der Waals surface area contributed by atoms with E-state index in [1.165, 1.54) is 13.3 Å². The molecule has 36 heavy (non-hydrogen) atoms. The van der Waals surface area contributed by atoms with Crippen LogP contribution in [0.2, 0.25) is 0 Å². The number of benzene rings is 3. The molecule has 8 nitrogen and oxygen atoms in total. The summed E-state index contributed by atoms with van der Waals surface area (Å²) >= 11 is 0. The third kappa shape index (κ3) is 7.09. The molecule has 0 aromatic heterocycles. The number of rotatable bonds is 10. The van der Waals surface area contributed by atoms with Crippen molar-refractivity contribution in [1.82, 2.24) is 5.43 Å². The van der Waals surface area contributed by atoms with E-state index in [1.54, 1.807) is 49.6 Å². The van der Waals surface area contributed by atoms with Crippen LogP contribution in [-0.2, 0) is 4.79 Å². The third-order valence-electron chi connectivity index (χ3n) is 5.36. The van der Waals surface area contributed by atoms with Crippen molar-refractivity contribution in [2.24, 2.45) is 5.10 Å². The van der Waals surface area contributed by atoms with Gasteiger partial charge in [0.25, 0.3) is 5.91 Å². The number of ether oxygens (including phenoxy) is 4. The van der Waals surface area contributed by atoms with E-state index in [0.29, 0.717) is 34.3 Å². The second-order valence-corrected chi connectivity index (χ2v) is 8.29. The van der Waals surface area contributed by atoms with Crippen molar-refractivity contribution in [1.29, 1.82) is 0 Å². The van der Waals surface area contributed by atoms with Gasteiger partial charge in [-0.1, -0.05) is 26.0 Å². The largest absolute Gasteiger partial charge is 0.497 e. The molecule has 0 unspecified atom stereocenters. The number of carbonyl (C=O) groups excluding carboxylic acids is 2. The summed E-state index contributed by atoms with van der Waals surface area (Å²) < 4.78 is 21.6. The van der Waals surface area contributed by atoms with E-state index in [9.17, 15) is 9.59 Å².